The number of nitrogens with one attached hydrogen (secondary N) is 4. The first kappa shape index (κ1) is 21.6. The normalized spacial score (nSPS) is 10.8. The number of carbonyl (C=O) groups excluding carboxylic acids is 1. The molecule has 0 atom stereocenters. The molecule has 0 spiro atoms. The molecular weight excluding hydrogens is 408 g/mol. The smallest absolute Gasteiger partial charge is 0.267 e. The molecule has 0 saturated heterocycles. The Hall–Kier alpha value is -3.09. The lowest BCUT2D eigenvalue weighted by molar-refractivity contribution is 0.103. The number of rotatable bonds is 10. The fourth-order valence-electron chi connectivity index (χ4n) is 2.59. The summed E-state index contributed by atoms with van der Waals surface area (Å²) in [6.07, 6.45) is 1.50. The van der Waals surface area contributed by atoms with Crippen molar-refractivity contribution in [1.82, 2.24) is 25.4 Å². The monoisotopic (exact) mass is 432 g/mol. The molecule has 0 aliphatic carbocycles. The molecule has 0 unspecified atom stereocenters. The van der Waals surface area contributed by atoms with Gasteiger partial charge in [0.2, 0.25) is 0 Å². The van der Waals surface area contributed by atoms with Gasteiger partial charge in [0.05, 0.1) is 12.8 Å². The summed E-state index contributed by atoms with van der Waals surface area (Å²) >= 11 is 1.21. The first-order valence-corrected chi connectivity index (χ1v) is 10.2. The Morgan fingerprint density at radius 3 is 2.70 bits per heavy atom. The number of nitrogens with zero attached hydrogens (tertiary/aromatic N) is 4. The predicted octanol–water partition coefficient (Wildman–Crippen LogP) is 1.84. The number of aryl methyl sites for hydroxylation is 3. The van der Waals surface area contributed by atoms with Crippen LogP contribution in [0.25, 0.3) is 0 Å². The summed E-state index contributed by atoms with van der Waals surface area (Å²) in [5.74, 6) is 2.10. The zero-order valence-electron chi connectivity index (χ0n) is 16.9. The van der Waals surface area contributed by atoms with Gasteiger partial charge in [0.25, 0.3) is 5.91 Å². The number of hydrogen-bond donors (Lipinski definition) is 5. The Balaban J connectivity index is 1.61. The highest BCUT2D eigenvalue weighted by molar-refractivity contribution is 7.17. The van der Waals surface area contributed by atoms with E-state index in [1.807, 2.05) is 0 Å². The van der Waals surface area contributed by atoms with Crippen molar-refractivity contribution in [2.75, 3.05) is 42.2 Å². The predicted molar refractivity (Wildman–Crippen MR) is 115 cm³/mol. The molecule has 3 rings (SSSR count). The third-order valence-corrected chi connectivity index (χ3v) is 4.88. The van der Waals surface area contributed by atoms with E-state index < -0.39 is 0 Å². The molecule has 0 aliphatic rings. The third kappa shape index (κ3) is 5.72. The maximum absolute atomic E-state index is 12.5. The fourth-order valence-corrected chi connectivity index (χ4v) is 3.31. The van der Waals surface area contributed by atoms with E-state index in [2.05, 4.69) is 41.4 Å². The molecule has 5 N–H and O–H groups in total. The summed E-state index contributed by atoms with van der Waals surface area (Å²) in [4.78, 5) is 25.9. The minimum absolute atomic E-state index is 0.104. The summed E-state index contributed by atoms with van der Waals surface area (Å²) < 4.78 is 5.06. The van der Waals surface area contributed by atoms with Gasteiger partial charge in [-0.1, -0.05) is 16.5 Å². The number of thiazole rings is 1. The second-order valence-corrected chi connectivity index (χ2v) is 7.42. The molecular formula is C18H24N8O3S. The Bertz CT molecular complexity index is 984. The molecule has 11 nitrogen and oxygen atoms in total. The molecule has 30 heavy (non-hydrogen) atoms. The Kier molecular flexibility index (Phi) is 7.27. The number of hydrogen-bond acceptors (Lipinski definition) is 11. The van der Waals surface area contributed by atoms with E-state index in [0.717, 1.165) is 0 Å². The average Bonchev–Trinajstić information content (AvgIpc) is 3.29. The zero-order chi connectivity index (χ0) is 21.5. The van der Waals surface area contributed by atoms with Gasteiger partial charge in [-0.25, -0.2) is 15.0 Å². The van der Waals surface area contributed by atoms with Crippen molar-refractivity contribution in [3.63, 3.8) is 0 Å². The van der Waals surface area contributed by atoms with Crippen molar-refractivity contribution >= 4 is 39.7 Å². The van der Waals surface area contributed by atoms with Crippen molar-refractivity contribution in [1.29, 1.82) is 0 Å². The summed E-state index contributed by atoms with van der Waals surface area (Å²) in [6, 6.07) is 1.77. The minimum Gasteiger partial charge on any atom is -0.395 e. The van der Waals surface area contributed by atoms with Crippen LogP contribution >= 0.6 is 11.3 Å². The molecule has 3 aromatic rings. The Labute approximate surface area is 177 Å². The molecule has 0 bridgehead atoms. The number of aliphatic hydroxyl groups excluding tert-OH is 1. The minimum atomic E-state index is -0.286. The number of anilines is 4. The van der Waals surface area contributed by atoms with Gasteiger partial charge in [0.1, 0.15) is 33.7 Å². The Morgan fingerprint density at radius 2 is 1.97 bits per heavy atom. The van der Waals surface area contributed by atoms with Crippen molar-refractivity contribution in [3.05, 3.63) is 34.4 Å². The molecule has 0 saturated carbocycles. The zero-order valence-corrected chi connectivity index (χ0v) is 17.8. The van der Waals surface area contributed by atoms with Gasteiger partial charge < -0.3 is 30.9 Å². The highest BCUT2D eigenvalue weighted by atomic mass is 32.1. The molecule has 3 heterocycles. The van der Waals surface area contributed by atoms with Crippen molar-refractivity contribution in [2.24, 2.45) is 0 Å². The average molecular weight is 433 g/mol. The van der Waals surface area contributed by atoms with Gasteiger partial charge in [0, 0.05) is 25.7 Å². The maximum atomic E-state index is 12.5. The molecule has 0 fully saturated rings. The summed E-state index contributed by atoms with van der Waals surface area (Å²) in [6.45, 7) is 7.30. The van der Waals surface area contributed by atoms with Crippen LogP contribution in [-0.2, 0) is 0 Å². The Morgan fingerprint density at radius 1 is 1.17 bits per heavy atom. The maximum Gasteiger partial charge on any atom is 0.267 e. The van der Waals surface area contributed by atoms with E-state index in [4.69, 9.17) is 9.63 Å². The lowest BCUT2D eigenvalue weighted by Gasteiger charge is -2.09. The van der Waals surface area contributed by atoms with Gasteiger partial charge in [0.15, 0.2) is 10.9 Å². The number of aliphatic hydroxyl groups is 1. The van der Waals surface area contributed by atoms with Crippen molar-refractivity contribution < 1.29 is 14.4 Å². The van der Waals surface area contributed by atoms with Crippen molar-refractivity contribution in [3.8, 4) is 0 Å². The molecule has 0 radical (unpaired) electrons. The summed E-state index contributed by atoms with van der Waals surface area (Å²) in [5.41, 5.74) is 1.19. The van der Waals surface area contributed by atoms with Crippen LogP contribution in [0.3, 0.4) is 0 Å². The van der Waals surface area contributed by atoms with E-state index >= 15 is 0 Å². The second-order valence-electron chi connectivity index (χ2n) is 6.39. The second kappa shape index (κ2) is 10.1. The van der Waals surface area contributed by atoms with Crippen LogP contribution in [0.15, 0.2) is 16.8 Å². The van der Waals surface area contributed by atoms with E-state index in [-0.39, 0.29) is 12.5 Å². The number of carbonyl (C=O) groups is 1. The highest BCUT2D eigenvalue weighted by Gasteiger charge is 2.16. The fraction of sp³-hybridized carbons (Fsp3) is 0.389. The summed E-state index contributed by atoms with van der Waals surface area (Å²) in [7, 11) is 0. The van der Waals surface area contributed by atoms with E-state index in [9.17, 15) is 4.79 Å². The van der Waals surface area contributed by atoms with Crippen LogP contribution in [0.1, 0.15) is 27.0 Å². The topological polar surface area (TPSA) is 150 Å². The highest BCUT2D eigenvalue weighted by Crippen LogP contribution is 2.25. The SMILES string of the molecule is Cc1nc(NCCNCCO)cc(Nc2ncc(C(=O)Nc3c(C)noc3C)s2)n1. The molecule has 1 amide bonds. The molecule has 160 valence electrons. The summed E-state index contributed by atoms with van der Waals surface area (Å²) in [5, 5.41) is 25.3. The first-order chi connectivity index (χ1) is 14.5. The lowest BCUT2D eigenvalue weighted by atomic mass is 10.3. The molecule has 12 heteroatoms. The molecule has 0 aliphatic heterocycles. The van der Waals surface area contributed by atoms with Crippen LogP contribution in [0, 0.1) is 20.8 Å². The largest absolute Gasteiger partial charge is 0.395 e. The van der Waals surface area contributed by atoms with Gasteiger partial charge in [-0.3, -0.25) is 4.79 Å². The van der Waals surface area contributed by atoms with Crippen molar-refractivity contribution in [2.45, 2.75) is 20.8 Å². The van der Waals surface area contributed by atoms with E-state index in [0.29, 0.717) is 64.2 Å². The number of aromatic nitrogens is 4. The van der Waals surface area contributed by atoms with Gasteiger partial charge in [-0.05, 0) is 20.8 Å². The van der Waals surface area contributed by atoms with E-state index in [1.54, 1.807) is 26.8 Å². The standard InChI is InChI=1S/C18H24N8O3S/c1-10-16(11(2)29-26-10)25-17(28)13-9-21-18(30-13)24-15-8-14(22-12(3)23-15)20-5-4-19-6-7-27/h8-9,19,27H,4-7H2,1-3H3,(H,25,28)(H2,20,21,22,23,24). The van der Waals surface area contributed by atoms with Gasteiger partial charge in [-0.15, -0.1) is 0 Å². The first-order valence-electron chi connectivity index (χ1n) is 9.34. The van der Waals surface area contributed by atoms with Crippen LogP contribution in [-0.4, -0.2) is 57.4 Å². The molecule has 3 aromatic heterocycles. The number of amides is 1. The quantitative estimate of drug-likeness (QED) is 0.300. The van der Waals surface area contributed by atoms with Crippen LogP contribution in [0.5, 0.6) is 0 Å². The van der Waals surface area contributed by atoms with Gasteiger partial charge in [-0.2, -0.15) is 0 Å². The third-order valence-electron chi connectivity index (χ3n) is 3.97. The lowest BCUT2D eigenvalue weighted by Crippen LogP contribution is -2.25. The van der Waals surface area contributed by atoms with Crippen LogP contribution < -0.4 is 21.3 Å². The van der Waals surface area contributed by atoms with Crippen LogP contribution in [0.2, 0.25) is 0 Å². The van der Waals surface area contributed by atoms with Crippen LogP contribution in [0.4, 0.5) is 22.5 Å². The van der Waals surface area contributed by atoms with Gasteiger partial charge >= 0.3 is 0 Å². The van der Waals surface area contributed by atoms with E-state index in [1.165, 1.54) is 17.5 Å². The molecule has 0 aromatic carbocycles.